The molecule has 0 bridgehead atoms. The van der Waals surface area contributed by atoms with E-state index in [1.54, 1.807) is 12.1 Å². The van der Waals surface area contributed by atoms with Crippen molar-refractivity contribution in [3.63, 3.8) is 0 Å². The van der Waals surface area contributed by atoms with Gasteiger partial charge in [-0.25, -0.2) is 0 Å². The summed E-state index contributed by atoms with van der Waals surface area (Å²) in [5.41, 5.74) is 0.561. The van der Waals surface area contributed by atoms with Gasteiger partial charge in [0.25, 0.3) is 0 Å². The van der Waals surface area contributed by atoms with Crippen molar-refractivity contribution in [1.29, 1.82) is 5.26 Å². The van der Waals surface area contributed by atoms with Crippen molar-refractivity contribution < 1.29 is 22.1 Å². The zero-order valence-electron chi connectivity index (χ0n) is 18.2. The number of methoxy groups -OCH3 is 1. The molecule has 35 heavy (non-hydrogen) atoms. The molecule has 2 aromatic carbocycles. The number of thiophene rings is 1. The van der Waals surface area contributed by atoms with Gasteiger partial charge in [-0.1, -0.05) is 29.5 Å². The first kappa shape index (κ1) is 24.3. The largest absolute Gasteiger partial charge is 0.497 e. The third-order valence-electron chi connectivity index (χ3n) is 4.75. The third-order valence-corrected chi connectivity index (χ3v) is 7.89. The number of carbonyl (C=O) groups excluding carboxylic acids is 1. The smallest absolute Gasteiger partial charge is 0.339 e. The average molecular weight is 527 g/mol. The van der Waals surface area contributed by atoms with Gasteiger partial charge in [-0.3, -0.25) is 10.1 Å². The van der Waals surface area contributed by atoms with Crippen molar-refractivity contribution in [1.82, 2.24) is 10.2 Å². The first-order valence-corrected chi connectivity index (χ1v) is 13.2. The normalized spacial score (nSPS) is 11.9. The van der Waals surface area contributed by atoms with E-state index >= 15 is 0 Å². The van der Waals surface area contributed by atoms with Crippen LogP contribution < -0.4 is 14.2 Å². The lowest BCUT2D eigenvalue weighted by atomic mass is 10.00. The van der Waals surface area contributed by atoms with Gasteiger partial charge in [0.05, 0.1) is 18.1 Å². The maximum Gasteiger partial charge on any atom is 0.339 e. The molecule has 1 amide bonds. The fourth-order valence-electron chi connectivity index (χ4n) is 3.04. The maximum absolute atomic E-state index is 12.7. The Morgan fingerprint density at radius 2 is 1.91 bits per heavy atom. The molecule has 0 radical (unpaired) electrons. The Hall–Kier alpha value is -3.79. The molecule has 0 saturated carbocycles. The van der Waals surface area contributed by atoms with Gasteiger partial charge in [0.1, 0.15) is 22.3 Å². The first-order valence-electron chi connectivity index (χ1n) is 10.1. The topological polar surface area (TPSA) is 131 Å². The molecule has 2 heterocycles. The monoisotopic (exact) mass is 526 g/mol. The minimum absolute atomic E-state index is 0.0306. The Bertz CT molecular complexity index is 1460. The highest BCUT2D eigenvalue weighted by atomic mass is 32.2. The van der Waals surface area contributed by atoms with Gasteiger partial charge in [0.15, 0.2) is 5.01 Å². The SMILES string of the molecule is COc1ccc(S(=O)(=O)Oc2cccc(CC(C#N)C(=O)Nc3nnc(-c4cccs4)s3)c2)cc1. The van der Waals surface area contributed by atoms with Crippen LogP contribution in [-0.2, 0) is 21.3 Å². The van der Waals surface area contributed by atoms with E-state index in [0.29, 0.717) is 21.5 Å². The van der Waals surface area contributed by atoms with Gasteiger partial charge in [-0.15, -0.1) is 21.5 Å². The van der Waals surface area contributed by atoms with Crippen LogP contribution in [0.15, 0.2) is 70.9 Å². The second-order valence-electron chi connectivity index (χ2n) is 7.13. The molecular formula is C23H18N4O5S3. The van der Waals surface area contributed by atoms with Crippen molar-refractivity contribution in [3.05, 3.63) is 71.6 Å². The zero-order valence-corrected chi connectivity index (χ0v) is 20.7. The van der Waals surface area contributed by atoms with E-state index in [1.165, 1.54) is 66.2 Å². The fraction of sp³-hybridized carbons (Fsp3) is 0.130. The molecule has 9 nitrogen and oxygen atoms in total. The number of amides is 1. The standard InChI is InChI=1S/C23H18N4O5S3/c1-31-17-7-9-19(10-8-17)35(29,30)32-18-5-2-4-15(13-18)12-16(14-24)21(28)25-23-27-26-22(34-23)20-6-3-11-33-20/h2-11,13,16H,12H2,1H3,(H,25,27,28). The molecule has 1 unspecified atom stereocenters. The molecule has 12 heteroatoms. The van der Waals surface area contributed by atoms with Crippen LogP contribution in [0.2, 0.25) is 0 Å². The van der Waals surface area contributed by atoms with Gasteiger partial charge < -0.3 is 8.92 Å². The Balaban J connectivity index is 1.42. The molecule has 0 fully saturated rings. The molecule has 1 N–H and O–H groups in total. The van der Waals surface area contributed by atoms with Crippen LogP contribution in [0.25, 0.3) is 9.88 Å². The summed E-state index contributed by atoms with van der Waals surface area (Å²) in [6.45, 7) is 0. The summed E-state index contributed by atoms with van der Waals surface area (Å²) in [7, 11) is -2.59. The van der Waals surface area contributed by atoms with Crippen molar-refractivity contribution in [2.75, 3.05) is 12.4 Å². The van der Waals surface area contributed by atoms with Crippen LogP contribution >= 0.6 is 22.7 Å². The van der Waals surface area contributed by atoms with E-state index in [-0.39, 0.29) is 17.1 Å². The number of nitrogens with one attached hydrogen (secondary N) is 1. The Labute approximate surface area is 209 Å². The number of nitriles is 1. The zero-order chi connectivity index (χ0) is 24.8. The predicted octanol–water partition coefficient (Wildman–Crippen LogP) is 4.36. The molecule has 0 aliphatic carbocycles. The fourth-order valence-corrected chi connectivity index (χ4v) is 5.50. The minimum Gasteiger partial charge on any atom is -0.497 e. The highest BCUT2D eigenvalue weighted by Crippen LogP contribution is 2.30. The number of ether oxygens (including phenoxy) is 1. The van der Waals surface area contributed by atoms with Crippen molar-refractivity contribution in [2.45, 2.75) is 11.3 Å². The second kappa shape index (κ2) is 10.6. The highest BCUT2D eigenvalue weighted by Gasteiger charge is 2.22. The van der Waals surface area contributed by atoms with Crippen LogP contribution in [0.5, 0.6) is 11.5 Å². The van der Waals surface area contributed by atoms with Crippen LogP contribution in [0.1, 0.15) is 5.56 Å². The summed E-state index contributed by atoms with van der Waals surface area (Å²) in [6, 6.07) is 17.8. The van der Waals surface area contributed by atoms with Crippen LogP contribution in [0.3, 0.4) is 0 Å². The summed E-state index contributed by atoms with van der Waals surface area (Å²) >= 11 is 2.72. The number of rotatable bonds is 9. The quantitative estimate of drug-likeness (QED) is 0.318. The molecule has 1 atom stereocenters. The van der Waals surface area contributed by atoms with Crippen molar-refractivity contribution in [2.24, 2.45) is 5.92 Å². The van der Waals surface area contributed by atoms with E-state index in [9.17, 15) is 18.5 Å². The molecule has 4 rings (SSSR count). The van der Waals surface area contributed by atoms with Gasteiger partial charge in [0.2, 0.25) is 11.0 Å². The van der Waals surface area contributed by atoms with Gasteiger partial charge in [0, 0.05) is 0 Å². The van der Waals surface area contributed by atoms with E-state index in [4.69, 9.17) is 8.92 Å². The number of hydrogen-bond donors (Lipinski definition) is 1. The van der Waals surface area contributed by atoms with Crippen LogP contribution in [0, 0.1) is 17.2 Å². The summed E-state index contributed by atoms with van der Waals surface area (Å²) in [5.74, 6) is -0.973. The number of aromatic nitrogens is 2. The first-order chi connectivity index (χ1) is 16.9. The van der Waals surface area contributed by atoms with Crippen molar-refractivity contribution in [3.8, 4) is 27.5 Å². The van der Waals surface area contributed by atoms with Crippen LogP contribution in [-0.4, -0.2) is 31.6 Å². The number of carbonyl (C=O) groups is 1. The Morgan fingerprint density at radius 3 is 2.60 bits per heavy atom. The lowest BCUT2D eigenvalue weighted by Gasteiger charge is -2.11. The third kappa shape index (κ3) is 6.02. The lowest BCUT2D eigenvalue weighted by molar-refractivity contribution is -0.118. The van der Waals surface area contributed by atoms with Crippen molar-refractivity contribution >= 4 is 43.8 Å². The molecule has 2 aromatic heterocycles. The van der Waals surface area contributed by atoms with E-state index < -0.39 is 21.9 Å². The summed E-state index contributed by atoms with van der Waals surface area (Å²) in [6.07, 6.45) is 0.0543. The van der Waals surface area contributed by atoms with Crippen LogP contribution in [0.4, 0.5) is 5.13 Å². The molecule has 0 aliphatic heterocycles. The van der Waals surface area contributed by atoms with E-state index in [2.05, 4.69) is 15.5 Å². The Kier molecular flexibility index (Phi) is 7.40. The van der Waals surface area contributed by atoms with E-state index in [0.717, 1.165) is 4.88 Å². The average Bonchev–Trinajstić information content (AvgIpc) is 3.55. The van der Waals surface area contributed by atoms with Gasteiger partial charge in [-0.05, 0) is 59.8 Å². The minimum atomic E-state index is -4.08. The molecule has 4 aromatic rings. The number of anilines is 1. The maximum atomic E-state index is 12.7. The second-order valence-corrected chi connectivity index (χ2v) is 10.6. The molecule has 178 valence electrons. The summed E-state index contributed by atoms with van der Waals surface area (Å²) in [4.78, 5) is 13.6. The van der Waals surface area contributed by atoms with E-state index in [1.807, 2.05) is 23.6 Å². The molecular weight excluding hydrogens is 508 g/mol. The Morgan fingerprint density at radius 1 is 1.11 bits per heavy atom. The number of benzene rings is 2. The molecule has 0 spiro atoms. The molecule has 0 saturated heterocycles. The number of nitrogens with zero attached hydrogens (tertiary/aromatic N) is 3. The highest BCUT2D eigenvalue weighted by molar-refractivity contribution is 7.87. The van der Waals surface area contributed by atoms with Gasteiger partial charge >= 0.3 is 10.1 Å². The summed E-state index contributed by atoms with van der Waals surface area (Å²) < 4.78 is 35.5. The summed E-state index contributed by atoms with van der Waals surface area (Å²) in [5, 5.41) is 23.1. The predicted molar refractivity (Wildman–Crippen MR) is 132 cm³/mol. The lowest BCUT2D eigenvalue weighted by Crippen LogP contribution is -2.23. The van der Waals surface area contributed by atoms with Gasteiger partial charge in [-0.2, -0.15) is 13.7 Å². The number of hydrogen-bond acceptors (Lipinski definition) is 10. The molecule has 0 aliphatic rings.